The van der Waals surface area contributed by atoms with Crippen LogP contribution in [0.3, 0.4) is 0 Å². The Bertz CT molecular complexity index is 219. The second-order valence-corrected chi connectivity index (χ2v) is 7.00. The molecule has 18 heavy (non-hydrogen) atoms. The Morgan fingerprint density at radius 2 is 1.61 bits per heavy atom. The zero-order chi connectivity index (χ0) is 14.4. The van der Waals surface area contributed by atoms with Crippen LogP contribution in [0.4, 0.5) is 0 Å². The molecule has 3 heteroatoms. The Labute approximate surface area is 114 Å². The fourth-order valence-corrected chi connectivity index (χ4v) is 1.45. The molecule has 0 saturated heterocycles. The maximum atomic E-state index is 5.99. The number of hydrogen-bond acceptors (Lipinski definition) is 3. The molecular weight excluding hydrogens is 226 g/mol. The third-order valence-electron chi connectivity index (χ3n) is 3.17. The minimum Gasteiger partial charge on any atom is -0.379 e. The molecule has 0 aliphatic heterocycles. The first-order valence-electron chi connectivity index (χ1n) is 6.99. The van der Waals surface area contributed by atoms with Crippen molar-refractivity contribution in [1.82, 2.24) is 5.32 Å². The number of nitrogens with one attached hydrogen (secondary N) is 1. The molecular formula is C15H33NO2. The molecule has 3 nitrogen and oxygen atoms in total. The molecule has 0 amide bonds. The summed E-state index contributed by atoms with van der Waals surface area (Å²) in [5.41, 5.74) is 0.0429. The summed E-state index contributed by atoms with van der Waals surface area (Å²) in [6.07, 6.45) is 1.18. The quantitative estimate of drug-likeness (QED) is 0.726. The lowest BCUT2D eigenvalue weighted by molar-refractivity contribution is -0.0376. The van der Waals surface area contributed by atoms with Gasteiger partial charge in [0.15, 0.2) is 0 Å². The highest BCUT2D eigenvalue weighted by molar-refractivity contribution is 4.75. The van der Waals surface area contributed by atoms with E-state index in [4.69, 9.17) is 9.47 Å². The Morgan fingerprint density at radius 1 is 1.06 bits per heavy atom. The summed E-state index contributed by atoms with van der Waals surface area (Å²) >= 11 is 0. The van der Waals surface area contributed by atoms with E-state index in [0.717, 1.165) is 19.6 Å². The molecule has 0 radical (unpaired) electrons. The maximum absolute atomic E-state index is 5.99. The van der Waals surface area contributed by atoms with Crippen LogP contribution >= 0.6 is 0 Å². The molecule has 0 aromatic rings. The van der Waals surface area contributed by atoms with E-state index in [1.165, 1.54) is 0 Å². The van der Waals surface area contributed by atoms with Crippen molar-refractivity contribution >= 4 is 0 Å². The van der Waals surface area contributed by atoms with Crippen molar-refractivity contribution in [3.05, 3.63) is 0 Å². The molecule has 0 rings (SSSR count). The van der Waals surface area contributed by atoms with E-state index >= 15 is 0 Å². The van der Waals surface area contributed by atoms with Gasteiger partial charge in [0.05, 0.1) is 11.7 Å². The van der Waals surface area contributed by atoms with Crippen molar-refractivity contribution in [1.29, 1.82) is 0 Å². The van der Waals surface area contributed by atoms with Crippen molar-refractivity contribution in [2.45, 2.75) is 72.1 Å². The third-order valence-corrected chi connectivity index (χ3v) is 3.17. The number of rotatable bonds is 8. The van der Waals surface area contributed by atoms with Gasteiger partial charge in [0.2, 0.25) is 0 Å². The monoisotopic (exact) mass is 259 g/mol. The molecule has 0 aromatic carbocycles. The van der Waals surface area contributed by atoms with Crippen LogP contribution in [-0.4, -0.2) is 37.5 Å². The molecule has 0 spiro atoms. The first-order chi connectivity index (χ1) is 8.07. The van der Waals surface area contributed by atoms with Gasteiger partial charge in [0.1, 0.15) is 0 Å². The van der Waals surface area contributed by atoms with Crippen LogP contribution in [-0.2, 0) is 9.47 Å². The largest absolute Gasteiger partial charge is 0.379 e. The standard InChI is InChI=1S/C15H33NO2/c1-12(2)13(11-16-14(3,4)5)18-10-9-15(6,7)17-8/h12-13,16H,9-11H2,1-8H3. The summed E-state index contributed by atoms with van der Waals surface area (Å²) in [6, 6.07) is 0. The van der Waals surface area contributed by atoms with Gasteiger partial charge in [-0.25, -0.2) is 0 Å². The Morgan fingerprint density at radius 3 is 2.00 bits per heavy atom. The number of hydrogen-bond donors (Lipinski definition) is 1. The first kappa shape index (κ1) is 17.9. The summed E-state index contributed by atoms with van der Waals surface area (Å²) in [4.78, 5) is 0. The summed E-state index contributed by atoms with van der Waals surface area (Å²) < 4.78 is 11.4. The van der Waals surface area contributed by atoms with Crippen LogP contribution in [0.25, 0.3) is 0 Å². The SMILES string of the molecule is COC(C)(C)CCOC(CNC(C)(C)C)C(C)C. The van der Waals surface area contributed by atoms with E-state index in [-0.39, 0.29) is 17.2 Å². The van der Waals surface area contributed by atoms with Crippen molar-refractivity contribution < 1.29 is 9.47 Å². The van der Waals surface area contributed by atoms with Gasteiger partial charge in [-0.15, -0.1) is 0 Å². The molecule has 0 heterocycles. The zero-order valence-electron chi connectivity index (χ0n) is 13.6. The van der Waals surface area contributed by atoms with Crippen LogP contribution in [0.2, 0.25) is 0 Å². The minimum atomic E-state index is -0.0982. The van der Waals surface area contributed by atoms with Gasteiger partial charge in [0, 0.05) is 25.8 Å². The zero-order valence-corrected chi connectivity index (χ0v) is 13.6. The average Bonchev–Trinajstić information content (AvgIpc) is 2.21. The first-order valence-corrected chi connectivity index (χ1v) is 6.99. The van der Waals surface area contributed by atoms with Gasteiger partial charge in [-0.1, -0.05) is 13.8 Å². The van der Waals surface area contributed by atoms with Gasteiger partial charge >= 0.3 is 0 Å². The molecule has 0 aromatic heterocycles. The smallest absolute Gasteiger partial charge is 0.0722 e. The molecule has 1 atom stereocenters. The highest BCUT2D eigenvalue weighted by atomic mass is 16.5. The lowest BCUT2D eigenvalue weighted by Gasteiger charge is -2.29. The molecule has 0 bridgehead atoms. The molecule has 1 unspecified atom stereocenters. The van der Waals surface area contributed by atoms with Gasteiger partial charge in [-0.3, -0.25) is 0 Å². The highest BCUT2D eigenvalue weighted by Gasteiger charge is 2.20. The second-order valence-electron chi connectivity index (χ2n) is 7.00. The summed E-state index contributed by atoms with van der Waals surface area (Å²) in [6.45, 7) is 16.8. The molecule has 0 saturated carbocycles. The number of methoxy groups -OCH3 is 1. The van der Waals surface area contributed by atoms with Gasteiger partial charge < -0.3 is 14.8 Å². The molecule has 1 N–H and O–H groups in total. The van der Waals surface area contributed by atoms with E-state index < -0.39 is 0 Å². The minimum absolute atomic E-state index is 0.0982. The van der Waals surface area contributed by atoms with Crippen LogP contribution in [0.1, 0.15) is 54.9 Å². The molecule has 0 fully saturated rings. The Hall–Kier alpha value is -0.120. The van der Waals surface area contributed by atoms with E-state index in [1.54, 1.807) is 7.11 Å². The van der Waals surface area contributed by atoms with E-state index in [0.29, 0.717) is 5.92 Å². The summed E-state index contributed by atoms with van der Waals surface area (Å²) in [7, 11) is 1.75. The molecule has 0 aliphatic rings. The summed E-state index contributed by atoms with van der Waals surface area (Å²) in [5.74, 6) is 0.519. The predicted molar refractivity (Wildman–Crippen MR) is 78.0 cm³/mol. The Kier molecular flexibility index (Phi) is 7.41. The van der Waals surface area contributed by atoms with E-state index in [2.05, 4.69) is 53.8 Å². The third kappa shape index (κ3) is 8.90. The highest BCUT2D eigenvalue weighted by Crippen LogP contribution is 2.15. The fraction of sp³-hybridized carbons (Fsp3) is 1.00. The molecule has 110 valence electrons. The van der Waals surface area contributed by atoms with Crippen molar-refractivity contribution in [3.8, 4) is 0 Å². The van der Waals surface area contributed by atoms with Crippen LogP contribution < -0.4 is 5.32 Å². The normalized spacial score (nSPS) is 15.2. The topological polar surface area (TPSA) is 30.5 Å². The van der Waals surface area contributed by atoms with Gasteiger partial charge in [-0.2, -0.15) is 0 Å². The predicted octanol–water partition coefficient (Wildman–Crippen LogP) is 3.23. The second kappa shape index (κ2) is 7.46. The lowest BCUT2D eigenvalue weighted by atomic mass is 10.0. The average molecular weight is 259 g/mol. The van der Waals surface area contributed by atoms with Crippen LogP contribution in [0.5, 0.6) is 0 Å². The van der Waals surface area contributed by atoms with E-state index in [9.17, 15) is 0 Å². The lowest BCUT2D eigenvalue weighted by Crippen LogP contribution is -2.43. The molecule has 0 aliphatic carbocycles. The van der Waals surface area contributed by atoms with Crippen molar-refractivity contribution in [3.63, 3.8) is 0 Å². The van der Waals surface area contributed by atoms with Crippen LogP contribution in [0, 0.1) is 5.92 Å². The summed E-state index contributed by atoms with van der Waals surface area (Å²) in [5, 5.41) is 3.51. The van der Waals surface area contributed by atoms with Crippen LogP contribution in [0.15, 0.2) is 0 Å². The van der Waals surface area contributed by atoms with Gasteiger partial charge in [0.25, 0.3) is 0 Å². The Balaban J connectivity index is 4.06. The maximum Gasteiger partial charge on any atom is 0.0722 e. The van der Waals surface area contributed by atoms with Crippen molar-refractivity contribution in [2.24, 2.45) is 5.92 Å². The fourth-order valence-electron chi connectivity index (χ4n) is 1.45. The van der Waals surface area contributed by atoms with E-state index in [1.807, 2.05) is 0 Å². The van der Waals surface area contributed by atoms with Crippen molar-refractivity contribution in [2.75, 3.05) is 20.3 Å². The van der Waals surface area contributed by atoms with Gasteiger partial charge in [-0.05, 0) is 47.0 Å². The number of ether oxygens (including phenoxy) is 2.